The summed E-state index contributed by atoms with van der Waals surface area (Å²) in [6, 6.07) is 0. The predicted octanol–water partition coefficient (Wildman–Crippen LogP) is 1.97. The largest absolute Gasteiger partial charge is 0.481 e. The first-order valence-corrected chi connectivity index (χ1v) is 6.98. The molecule has 0 radical (unpaired) electrons. The second kappa shape index (κ2) is 7.19. The molecule has 1 aliphatic rings. The van der Waals surface area contributed by atoms with Gasteiger partial charge < -0.3 is 9.84 Å². The number of alkyl halides is 2. The maximum atomic E-state index is 13.6. The van der Waals surface area contributed by atoms with Crippen molar-refractivity contribution in [3.05, 3.63) is 0 Å². The van der Waals surface area contributed by atoms with E-state index in [4.69, 9.17) is 14.7 Å². The van der Waals surface area contributed by atoms with Gasteiger partial charge in [-0.25, -0.2) is 13.6 Å². The third-order valence-corrected chi connectivity index (χ3v) is 2.64. The number of carboxylic acids is 1. The van der Waals surface area contributed by atoms with Gasteiger partial charge in [0.2, 0.25) is 0 Å². The van der Waals surface area contributed by atoms with Crippen LogP contribution in [-0.2, 0) is 14.4 Å². The summed E-state index contributed by atoms with van der Waals surface area (Å²) < 4.78 is 32.3. The Kier molecular flexibility index (Phi) is 6.07. The Balaban J connectivity index is 2.52. The number of ether oxygens (including phenoxy) is 1. The second-order valence-corrected chi connectivity index (χ2v) is 6.16. The van der Waals surface area contributed by atoms with Crippen molar-refractivity contribution in [3.8, 4) is 0 Å². The van der Waals surface area contributed by atoms with E-state index in [1.165, 1.54) is 0 Å². The molecule has 0 unspecified atom stereocenters. The Morgan fingerprint density at radius 1 is 1.45 bits per heavy atom. The molecule has 1 amide bonds. The standard InChI is InChI=1S/C13H22F2N2O5/c1-12(2,3)21-11(20)16-9-7-13(14,15)8-17(22-9)6-4-5-10(18)19/h9H,4-8H2,1-3H3,(H,16,20)(H,18,19)/t9-/m0/s1. The first-order chi connectivity index (χ1) is 9.97. The molecule has 128 valence electrons. The minimum Gasteiger partial charge on any atom is -0.481 e. The maximum absolute atomic E-state index is 13.6. The Morgan fingerprint density at radius 2 is 2.09 bits per heavy atom. The van der Waals surface area contributed by atoms with Crippen molar-refractivity contribution in [3.63, 3.8) is 0 Å². The lowest BCUT2D eigenvalue weighted by molar-refractivity contribution is -0.284. The molecule has 1 rings (SSSR count). The van der Waals surface area contributed by atoms with Crippen LogP contribution in [0.5, 0.6) is 0 Å². The number of aliphatic carboxylic acids is 1. The van der Waals surface area contributed by atoms with Gasteiger partial charge in [-0.15, -0.1) is 0 Å². The van der Waals surface area contributed by atoms with Gasteiger partial charge in [0, 0.05) is 13.0 Å². The zero-order chi connectivity index (χ0) is 17.0. The molecular weight excluding hydrogens is 302 g/mol. The van der Waals surface area contributed by atoms with E-state index in [0.717, 1.165) is 5.06 Å². The molecule has 22 heavy (non-hydrogen) atoms. The SMILES string of the molecule is CC(C)(C)OC(=O)N[C@@H]1CC(F)(F)CN(CCCC(=O)O)O1. The van der Waals surface area contributed by atoms with Gasteiger partial charge in [0.25, 0.3) is 5.92 Å². The van der Waals surface area contributed by atoms with Crippen LogP contribution in [0.15, 0.2) is 0 Å². The molecule has 1 aliphatic heterocycles. The van der Waals surface area contributed by atoms with Crippen LogP contribution >= 0.6 is 0 Å². The number of hydroxylamine groups is 2. The van der Waals surface area contributed by atoms with Crippen LogP contribution < -0.4 is 5.32 Å². The Morgan fingerprint density at radius 3 is 2.64 bits per heavy atom. The van der Waals surface area contributed by atoms with Crippen molar-refractivity contribution in [2.24, 2.45) is 0 Å². The number of carboxylic acid groups (broad SMARTS) is 1. The third-order valence-electron chi connectivity index (χ3n) is 2.64. The number of hydrogen-bond acceptors (Lipinski definition) is 5. The number of rotatable bonds is 5. The van der Waals surface area contributed by atoms with Gasteiger partial charge in [0.15, 0.2) is 6.23 Å². The van der Waals surface area contributed by atoms with Crippen LogP contribution in [0, 0.1) is 0 Å². The summed E-state index contributed by atoms with van der Waals surface area (Å²) in [5.41, 5.74) is -0.748. The van der Waals surface area contributed by atoms with E-state index in [-0.39, 0.29) is 19.4 Å². The highest BCUT2D eigenvalue weighted by atomic mass is 19.3. The molecule has 0 spiro atoms. The molecule has 0 bridgehead atoms. The maximum Gasteiger partial charge on any atom is 0.409 e. The van der Waals surface area contributed by atoms with E-state index in [0.29, 0.717) is 0 Å². The van der Waals surface area contributed by atoms with Crippen LogP contribution in [0.1, 0.15) is 40.0 Å². The highest BCUT2D eigenvalue weighted by Crippen LogP contribution is 2.28. The molecule has 0 saturated carbocycles. The summed E-state index contributed by atoms with van der Waals surface area (Å²) in [4.78, 5) is 27.3. The molecule has 2 N–H and O–H groups in total. The molecule has 9 heteroatoms. The number of nitrogens with zero attached hydrogens (tertiary/aromatic N) is 1. The second-order valence-electron chi connectivity index (χ2n) is 6.16. The average molecular weight is 324 g/mol. The molecule has 1 fully saturated rings. The summed E-state index contributed by atoms with van der Waals surface area (Å²) >= 11 is 0. The molecule has 1 atom stereocenters. The molecule has 0 aromatic heterocycles. The van der Waals surface area contributed by atoms with Gasteiger partial charge in [-0.2, -0.15) is 5.06 Å². The van der Waals surface area contributed by atoms with E-state index >= 15 is 0 Å². The molecule has 1 heterocycles. The highest BCUT2D eigenvalue weighted by Gasteiger charge is 2.42. The summed E-state index contributed by atoms with van der Waals surface area (Å²) in [6.07, 6.45) is -2.70. The zero-order valence-electron chi connectivity index (χ0n) is 12.9. The fraction of sp³-hybridized carbons (Fsp3) is 0.846. The minimum absolute atomic E-state index is 0.0361. The van der Waals surface area contributed by atoms with Crippen LogP contribution in [0.2, 0.25) is 0 Å². The number of halogens is 2. The van der Waals surface area contributed by atoms with E-state index < -0.39 is 42.8 Å². The fourth-order valence-electron chi connectivity index (χ4n) is 1.90. The van der Waals surface area contributed by atoms with Gasteiger partial charge in [0.1, 0.15) is 5.60 Å². The van der Waals surface area contributed by atoms with Gasteiger partial charge in [-0.3, -0.25) is 14.9 Å². The first-order valence-electron chi connectivity index (χ1n) is 6.98. The number of carbonyl (C=O) groups is 2. The fourth-order valence-corrected chi connectivity index (χ4v) is 1.90. The van der Waals surface area contributed by atoms with Crippen molar-refractivity contribution in [2.75, 3.05) is 13.1 Å². The number of amides is 1. The molecule has 0 aromatic carbocycles. The summed E-state index contributed by atoms with van der Waals surface area (Å²) in [7, 11) is 0. The van der Waals surface area contributed by atoms with Crippen LogP contribution in [0.25, 0.3) is 0 Å². The Labute approximate surface area is 127 Å². The van der Waals surface area contributed by atoms with Crippen molar-refractivity contribution in [1.29, 1.82) is 0 Å². The topological polar surface area (TPSA) is 88.1 Å². The monoisotopic (exact) mass is 324 g/mol. The third kappa shape index (κ3) is 7.51. The lowest BCUT2D eigenvalue weighted by atomic mass is 10.2. The van der Waals surface area contributed by atoms with Gasteiger partial charge >= 0.3 is 12.1 Å². The molecular formula is C13H22F2N2O5. The average Bonchev–Trinajstić information content (AvgIpc) is 2.22. The van der Waals surface area contributed by atoms with Gasteiger partial charge in [0.05, 0.1) is 13.0 Å². The normalized spacial score (nSPS) is 22.1. The van der Waals surface area contributed by atoms with Crippen LogP contribution in [0.3, 0.4) is 0 Å². The van der Waals surface area contributed by atoms with E-state index in [1.807, 2.05) is 0 Å². The van der Waals surface area contributed by atoms with Crippen LogP contribution in [-0.4, -0.2) is 53.1 Å². The molecule has 0 aromatic rings. The summed E-state index contributed by atoms with van der Waals surface area (Å²) in [6.45, 7) is 4.36. The van der Waals surface area contributed by atoms with Gasteiger partial charge in [-0.05, 0) is 27.2 Å². The number of nitrogens with one attached hydrogen (secondary N) is 1. The van der Waals surface area contributed by atoms with E-state index in [1.54, 1.807) is 20.8 Å². The molecule has 0 aliphatic carbocycles. The minimum atomic E-state index is -3.04. The number of alkyl carbamates (subject to hydrolysis) is 1. The van der Waals surface area contributed by atoms with Crippen molar-refractivity contribution >= 4 is 12.1 Å². The van der Waals surface area contributed by atoms with E-state index in [2.05, 4.69) is 5.32 Å². The van der Waals surface area contributed by atoms with Crippen molar-refractivity contribution < 1.29 is 33.1 Å². The zero-order valence-corrected chi connectivity index (χ0v) is 12.9. The van der Waals surface area contributed by atoms with Gasteiger partial charge in [-0.1, -0.05) is 0 Å². The summed E-state index contributed by atoms with van der Waals surface area (Å²) in [5, 5.41) is 11.8. The van der Waals surface area contributed by atoms with Crippen molar-refractivity contribution in [2.45, 2.75) is 57.8 Å². The number of carbonyl (C=O) groups excluding carboxylic acids is 1. The smallest absolute Gasteiger partial charge is 0.409 e. The van der Waals surface area contributed by atoms with Crippen LogP contribution in [0.4, 0.5) is 13.6 Å². The molecule has 7 nitrogen and oxygen atoms in total. The van der Waals surface area contributed by atoms with Crippen molar-refractivity contribution in [1.82, 2.24) is 10.4 Å². The lowest BCUT2D eigenvalue weighted by Crippen LogP contribution is -2.54. The first kappa shape index (κ1) is 18.6. The highest BCUT2D eigenvalue weighted by molar-refractivity contribution is 5.68. The molecule has 1 saturated heterocycles. The predicted molar refractivity (Wildman–Crippen MR) is 72.2 cm³/mol. The lowest BCUT2D eigenvalue weighted by Gasteiger charge is -2.37. The number of hydrogen-bond donors (Lipinski definition) is 2. The Bertz CT molecular complexity index is 412. The summed E-state index contributed by atoms with van der Waals surface area (Å²) in [5.74, 6) is -4.05. The quantitative estimate of drug-likeness (QED) is 0.804. The van der Waals surface area contributed by atoms with E-state index in [9.17, 15) is 18.4 Å². The Hall–Kier alpha value is -1.48.